The largest absolute Gasteiger partial charge is 0.490 e. The molecule has 162 valence electrons. The van der Waals surface area contributed by atoms with Crippen molar-refractivity contribution in [1.82, 2.24) is 4.31 Å². The molecule has 0 spiro atoms. The molecule has 6 nitrogen and oxygen atoms in total. The van der Waals surface area contributed by atoms with E-state index in [0.717, 1.165) is 23.4 Å². The van der Waals surface area contributed by atoms with Crippen LogP contribution in [-0.2, 0) is 19.6 Å². The van der Waals surface area contributed by atoms with Crippen molar-refractivity contribution in [2.75, 3.05) is 26.3 Å². The van der Waals surface area contributed by atoms with Crippen LogP contribution < -0.4 is 4.74 Å². The number of nitrogens with zero attached hydrogens (tertiary/aromatic N) is 1. The summed E-state index contributed by atoms with van der Waals surface area (Å²) >= 11 is 0. The molecule has 2 aromatic rings. The molecule has 30 heavy (non-hydrogen) atoms. The number of piperidine rings is 1. The van der Waals surface area contributed by atoms with Gasteiger partial charge in [-0.05, 0) is 49.6 Å². The minimum Gasteiger partial charge on any atom is -0.490 e. The van der Waals surface area contributed by atoms with Gasteiger partial charge < -0.3 is 9.47 Å². The molecule has 1 aliphatic heterocycles. The van der Waals surface area contributed by atoms with Crippen LogP contribution in [0.4, 0.5) is 8.78 Å². The Morgan fingerprint density at radius 1 is 1.07 bits per heavy atom. The second-order valence-electron chi connectivity index (χ2n) is 7.04. The van der Waals surface area contributed by atoms with Crippen molar-refractivity contribution >= 4 is 16.0 Å². The maximum atomic E-state index is 13.4. The average molecular weight is 439 g/mol. The molecular weight excluding hydrogens is 416 g/mol. The van der Waals surface area contributed by atoms with Crippen LogP contribution in [0.15, 0.2) is 47.4 Å². The molecule has 0 aliphatic carbocycles. The number of hydrogen-bond donors (Lipinski definition) is 0. The number of carbonyl (C=O) groups is 1. The molecule has 0 N–H and O–H groups in total. The lowest BCUT2D eigenvalue weighted by molar-refractivity contribution is -0.150. The highest BCUT2D eigenvalue weighted by molar-refractivity contribution is 7.89. The second kappa shape index (κ2) is 9.53. The molecule has 1 fully saturated rings. The average Bonchev–Trinajstić information content (AvgIpc) is 2.74. The van der Waals surface area contributed by atoms with Crippen LogP contribution in [0.3, 0.4) is 0 Å². The van der Waals surface area contributed by atoms with Crippen LogP contribution in [-0.4, -0.2) is 45.0 Å². The molecular formula is C21H23F2NO5S. The predicted molar refractivity (Wildman–Crippen MR) is 105 cm³/mol. The van der Waals surface area contributed by atoms with E-state index in [0.29, 0.717) is 18.9 Å². The lowest BCUT2D eigenvalue weighted by Gasteiger charge is -2.30. The molecule has 0 amide bonds. The van der Waals surface area contributed by atoms with E-state index in [4.69, 9.17) is 9.47 Å². The van der Waals surface area contributed by atoms with E-state index in [1.165, 1.54) is 4.31 Å². The van der Waals surface area contributed by atoms with Gasteiger partial charge in [0.2, 0.25) is 10.0 Å². The summed E-state index contributed by atoms with van der Waals surface area (Å²) in [5, 5.41) is 0. The first kappa shape index (κ1) is 22.2. The number of esters is 1. The first-order chi connectivity index (χ1) is 14.3. The molecule has 0 aromatic heterocycles. The highest BCUT2D eigenvalue weighted by Crippen LogP contribution is 2.25. The van der Waals surface area contributed by atoms with Gasteiger partial charge in [-0.15, -0.1) is 0 Å². The smallest absolute Gasteiger partial charge is 0.309 e. The van der Waals surface area contributed by atoms with Crippen LogP contribution in [0.5, 0.6) is 5.75 Å². The van der Waals surface area contributed by atoms with Crippen molar-refractivity contribution in [2.45, 2.75) is 24.7 Å². The summed E-state index contributed by atoms with van der Waals surface area (Å²) in [7, 11) is -3.95. The topological polar surface area (TPSA) is 72.9 Å². The Morgan fingerprint density at radius 2 is 1.77 bits per heavy atom. The number of carbonyl (C=O) groups excluding carboxylic acids is 1. The fourth-order valence-electron chi connectivity index (χ4n) is 3.25. The summed E-state index contributed by atoms with van der Waals surface area (Å²) < 4.78 is 63.7. The van der Waals surface area contributed by atoms with E-state index in [1.54, 1.807) is 0 Å². The molecule has 0 radical (unpaired) electrons. The molecule has 1 aliphatic rings. The van der Waals surface area contributed by atoms with Gasteiger partial charge in [-0.25, -0.2) is 17.2 Å². The van der Waals surface area contributed by atoms with Gasteiger partial charge in [0.25, 0.3) is 0 Å². The number of aryl methyl sites for hydroxylation is 1. The van der Waals surface area contributed by atoms with Gasteiger partial charge in [-0.1, -0.05) is 18.2 Å². The van der Waals surface area contributed by atoms with Crippen LogP contribution >= 0.6 is 0 Å². The summed E-state index contributed by atoms with van der Waals surface area (Å²) in [5.41, 5.74) is 0.985. The van der Waals surface area contributed by atoms with Crippen molar-refractivity contribution < 1.29 is 31.5 Å². The van der Waals surface area contributed by atoms with E-state index in [9.17, 15) is 22.0 Å². The zero-order chi connectivity index (χ0) is 21.7. The standard InChI is InChI=1S/C21H23F2NO5S/c1-15-4-2-3-5-20(15)28-12-13-29-21(25)16-8-10-24(11-9-16)30(26,27)17-6-7-18(22)19(23)14-17/h2-7,14,16H,8-13H2,1H3. The summed E-state index contributed by atoms with van der Waals surface area (Å²) in [6.45, 7) is 2.44. The van der Waals surface area contributed by atoms with Crippen molar-refractivity contribution in [3.63, 3.8) is 0 Å². The fourth-order valence-corrected chi connectivity index (χ4v) is 4.73. The van der Waals surface area contributed by atoms with E-state index in [1.807, 2.05) is 31.2 Å². The molecule has 0 atom stereocenters. The van der Waals surface area contributed by atoms with Gasteiger partial charge in [0.05, 0.1) is 10.8 Å². The Bertz CT molecular complexity index is 1000. The lowest BCUT2D eigenvalue weighted by Crippen LogP contribution is -2.40. The molecule has 1 saturated heterocycles. The van der Waals surface area contributed by atoms with Gasteiger partial charge in [-0.3, -0.25) is 4.79 Å². The van der Waals surface area contributed by atoms with Gasteiger partial charge >= 0.3 is 5.97 Å². The highest BCUT2D eigenvalue weighted by Gasteiger charge is 2.33. The van der Waals surface area contributed by atoms with Crippen molar-refractivity contribution in [3.8, 4) is 5.75 Å². The monoisotopic (exact) mass is 439 g/mol. The SMILES string of the molecule is Cc1ccccc1OCCOC(=O)C1CCN(S(=O)(=O)c2ccc(F)c(F)c2)CC1. The predicted octanol–water partition coefficient (Wildman–Crippen LogP) is 3.30. The number of para-hydroxylation sites is 1. The number of sulfonamides is 1. The van der Waals surface area contributed by atoms with Gasteiger partial charge in [0.15, 0.2) is 11.6 Å². The van der Waals surface area contributed by atoms with E-state index in [-0.39, 0.29) is 31.2 Å². The summed E-state index contributed by atoms with van der Waals surface area (Å²) in [4.78, 5) is 11.9. The number of rotatable bonds is 7. The molecule has 0 unspecified atom stereocenters. The van der Waals surface area contributed by atoms with Gasteiger partial charge in [-0.2, -0.15) is 4.31 Å². The van der Waals surface area contributed by atoms with E-state index >= 15 is 0 Å². The number of halogens is 2. The lowest BCUT2D eigenvalue weighted by atomic mass is 9.98. The Labute approximate surface area is 174 Å². The minimum atomic E-state index is -3.95. The van der Waals surface area contributed by atoms with Gasteiger partial charge in [0.1, 0.15) is 19.0 Å². The minimum absolute atomic E-state index is 0.0978. The van der Waals surface area contributed by atoms with Crippen molar-refractivity contribution in [3.05, 3.63) is 59.7 Å². The third kappa shape index (κ3) is 5.14. The number of hydrogen-bond acceptors (Lipinski definition) is 5. The Morgan fingerprint density at radius 3 is 2.43 bits per heavy atom. The van der Waals surface area contributed by atoms with E-state index in [2.05, 4.69) is 0 Å². The van der Waals surface area contributed by atoms with Crippen LogP contribution in [0, 0.1) is 24.5 Å². The molecule has 0 bridgehead atoms. The first-order valence-electron chi connectivity index (χ1n) is 9.59. The quantitative estimate of drug-likeness (QED) is 0.489. The van der Waals surface area contributed by atoms with Crippen molar-refractivity contribution in [2.24, 2.45) is 5.92 Å². The summed E-state index contributed by atoms with van der Waals surface area (Å²) in [6, 6.07) is 10.00. The van der Waals surface area contributed by atoms with Gasteiger partial charge in [0, 0.05) is 13.1 Å². The molecule has 3 rings (SSSR count). The summed E-state index contributed by atoms with van der Waals surface area (Å²) in [5.74, 6) is -2.42. The van der Waals surface area contributed by atoms with Crippen LogP contribution in [0.2, 0.25) is 0 Å². The molecule has 0 saturated carbocycles. The van der Waals surface area contributed by atoms with E-state index < -0.39 is 33.5 Å². The Kier molecular flexibility index (Phi) is 7.04. The zero-order valence-electron chi connectivity index (χ0n) is 16.5. The molecule has 1 heterocycles. The number of benzene rings is 2. The molecule has 9 heteroatoms. The maximum absolute atomic E-state index is 13.4. The Hall–Kier alpha value is -2.52. The third-order valence-electron chi connectivity index (χ3n) is 4.99. The summed E-state index contributed by atoms with van der Waals surface area (Å²) in [6.07, 6.45) is 0.584. The van der Waals surface area contributed by atoms with Crippen molar-refractivity contribution in [1.29, 1.82) is 0 Å². The third-order valence-corrected chi connectivity index (χ3v) is 6.89. The zero-order valence-corrected chi connectivity index (χ0v) is 17.3. The van der Waals surface area contributed by atoms with Crippen LogP contribution in [0.1, 0.15) is 18.4 Å². The molecule has 2 aromatic carbocycles. The second-order valence-corrected chi connectivity index (χ2v) is 8.97. The first-order valence-corrected chi connectivity index (χ1v) is 11.0. The highest BCUT2D eigenvalue weighted by atomic mass is 32.2. The van der Waals surface area contributed by atoms with Crippen LogP contribution in [0.25, 0.3) is 0 Å². The maximum Gasteiger partial charge on any atom is 0.309 e. The normalized spacial score (nSPS) is 15.7. The number of ether oxygens (including phenoxy) is 2. The fraction of sp³-hybridized carbons (Fsp3) is 0.381. The Balaban J connectivity index is 1.47.